The van der Waals surface area contributed by atoms with E-state index in [9.17, 15) is 4.79 Å². The molecular formula is C7H11NO. The molecule has 1 amide bonds. The summed E-state index contributed by atoms with van der Waals surface area (Å²) in [6.45, 7) is 2.09. The summed E-state index contributed by atoms with van der Waals surface area (Å²) in [4.78, 5) is 10.7. The number of carbonyl (C=O) groups is 1. The molecule has 2 nitrogen and oxygen atoms in total. The van der Waals surface area contributed by atoms with E-state index in [-0.39, 0.29) is 5.91 Å². The molecule has 1 N–H and O–H groups in total. The second kappa shape index (κ2) is 2.67. The molecule has 0 saturated heterocycles. The summed E-state index contributed by atoms with van der Waals surface area (Å²) in [5.41, 5.74) is 0. The maximum Gasteiger partial charge on any atom is 0.224 e. The van der Waals surface area contributed by atoms with Crippen LogP contribution >= 0.6 is 0 Å². The highest BCUT2D eigenvalue weighted by Gasteiger charge is 2.11. The molecule has 0 aliphatic carbocycles. The summed E-state index contributed by atoms with van der Waals surface area (Å²) in [5.74, 6) is 0.614. The summed E-state index contributed by atoms with van der Waals surface area (Å²) in [6, 6.07) is 0. The van der Waals surface area contributed by atoms with Gasteiger partial charge < -0.3 is 5.32 Å². The Bertz CT molecular complexity index is 140. The van der Waals surface area contributed by atoms with Crippen molar-refractivity contribution in [2.24, 2.45) is 5.92 Å². The first kappa shape index (κ1) is 6.33. The fourth-order valence-corrected chi connectivity index (χ4v) is 0.923. The highest BCUT2D eigenvalue weighted by atomic mass is 16.1. The Labute approximate surface area is 54.9 Å². The Morgan fingerprint density at radius 2 is 2.67 bits per heavy atom. The van der Waals surface area contributed by atoms with Crippen molar-refractivity contribution in [2.75, 3.05) is 0 Å². The third-order valence-electron chi connectivity index (χ3n) is 1.58. The summed E-state index contributed by atoms with van der Waals surface area (Å²) in [6.07, 6.45) is 5.50. The molecule has 0 spiro atoms. The second-order valence-electron chi connectivity index (χ2n) is 2.30. The van der Waals surface area contributed by atoms with E-state index in [4.69, 9.17) is 0 Å². The quantitative estimate of drug-likeness (QED) is 0.557. The van der Waals surface area contributed by atoms with Gasteiger partial charge in [-0.25, -0.2) is 0 Å². The number of hydrogen-bond acceptors (Lipinski definition) is 1. The first-order valence-corrected chi connectivity index (χ1v) is 3.29. The van der Waals surface area contributed by atoms with Gasteiger partial charge in [0.1, 0.15) is 0 Å². The number of allylic oxidation sites excluding steroid dienone is 1. The molecule has 1 rings (SSSR count). The molecule has 0 aromatic rings. The summed E-state index contributed by atoms with van der Waals surface area (Å²) in [5, 5.41) is 2.63. The molecule has 9 heavy (non-hydrogen) atoms. The van der Waals surface area contributed by atoms with Gasteiger partial charge in [0.25, 0.3) is 0 Å². The van der Waals surface area contributed by atoms with E-state index in [0.717, 1.165) is 6.42 Å². The zero-order valence-corrected chi connectivity index (χ0v) is 5.55. The van der Waals surface area contributed by atoms with Gasteiger partial charge in [-0.1, -0.05) is 13.0 Å². The van der Waals surface area contributed by atoms with E-state index >= 15 is 0 Å². The molecule has 1 aliphatic heterocycles. The van der Waals surface area contributed by atoms with Crippen molar-refractivity contribution in [3.8, 4) is 0 Å². The summed E-state index contributed by atoms with van der Waals surface area (Å²) < 4.78 is 0. The molecule has 0 saturated carbocycles. The van der Waals surface area contributed by atoms with Crippen molar-refractivity contribution >= 4 is 5.91 Å². The van der Waals surface area contributed by atoms with Gasteiger partial charge >= 0.3 is 0 Å². The van der Waals surface area contributed by atoms with Gasteiger partial charge in [-0.05, 0) is 12.3 Å². The lowest BCUT2D eigenvalue weighted by atomic mass is 10.0. The molecule has 0 aromatic carbocycles. The molecule has 0 aromatic heterocycles. The van der Waals surface area contributed by atoms with Gasteiger partial charge in [-0.15, -0.1) is 0 Å². The molecule has 0 bridgehead atoms. The maximum atomic E-state index is 10.7. The summed E-state index contributed by atoms with van der Waals surface area (Å²) >= 11 is 0. The molecule has 1 unspecified atom stereocenters. The lowest BCUT2D eigenvalue weighted by molar-refractivity contribution is -0.121. The van der Waals surface area contributed by atoms with Crippen LogP contribution in [0.4, 0.5) is 0 Å². The Balaban J connectivity index is 2.49. The van der Waals surface area contributed by atoms with Gasteiger partial charge in [0.2, 0.25) is 5.91 Å². The molecule has 1 aliphatic rings. The molecule has 1 atom stereocenters. The van der Waals surface area contributed by atoms with Crippen molar-refractivity contribution in [1.82, 2.24) is 5.32 Å². The second-order valence-corrected chi connectivity index (χ2v) is 2.30. The van der Waals surface area contributed by atoms with Crippen molar-refractivity contribution in [1.29, 1.82) is 0 Å². The normalized spacial score (nSPS) is 25.9. The Morgan fingerprint density at radius 3 is 3.11 bits per heavy atom. The average molecular weight is 125 g/mol. The fourth-order valence-electron chi connectivity index (χ4n) is 0.923. The topological polar surface area (TPSA) is 29.1 Å². The summed E-state index contributed by atoms with van der Waals surface area (Å²) in [7, 11) is 0. The van der Waals surface area contributed by atoms with Crippen LogP contribution in [0.3, 0.4) is 0 Å². The predicted molar refractivity (Wildman–Crippen MR) is 35.7 cm³/mol. The van der Waals surface area contributed by atoms with E-state index in [1.807, 2.05) is 6.08 Å². The van der Waals surface area contributed by atoms with E-state index < -0.39 is 0 Å². The standard InChI is InChI=1S/C7H11NO/c1-2-6-3-4-8-7(9)5-6/h3-4,6H,2,5H2,1H3,(H,8,9). The predicted octanol–water partition coefficient (Wildman–Crippen LogP) is 1.05. The lowest BCUT2D eigenvalue weighted by Gasteiger charge is -2.12. The highest BCUT2D eigenvalue weighted by Crippen LogP contribution is 2.11. The molecule has 0 radical (unpaired) electrons. The van der Waals surface area contributed by atoms with Crippen LogP contribution in [0.5, 0.6) is 0 Å². The molecule has 0 fully saturated rings. The van der Waals surface area contributed by atoms with Crippen LogP contribution in [0.25, 0.3) is 0 Å². The van der Waals surface area contributed by atoms with Crippen LogP contribution in [-0.2, 0) is 4.79 Å². The monoisotopic (exact) mass is 125 g/mol. The Hall–Kier alpha value is -0.790. The zero-order chi connectivity index (χ0) is 6.69. The van der Waals surface area contributed by atoms with Gasteiger partial charge in [-0.2, -0.15) is 0 Å². The van der Waals surface area contributed by atoms with Crippen LogP contribution < -0.4 is 5.32 Å². The van der Waals surface area contributed by atoms with Crippen molar-refractivity contribution in [2.45, 2.75) is 19.8 Å². The van der Waals surface area contributed by atoms with Crippen LogP contribution in [0.1, 0.15) is 19.8 Å². The minimum atomic E-state index is 0.143. The zero-order valence-electron chi connectivity index (χ0n) is 5.55. The maximum absolute atomic E-state index is 10.7. The number of amides is 1. The van der Waals surface area contributed by atoms with Gasteiger partial charge in [-0.3, -0.25) is 4.79 Å². The van der Waals surface area contributed by atoms with Crippen LogP contribution in [0.2, 0.25) is 0 Å². The third-order valence-corrected chi connectivity index (χ3v) is 1.58. The number of rotatable bonds is 1. The van der Waals surface area contributed by atoms with Crippen molar-refractivity contribution in [3.05, 3.63) is 12.3 Å². The minimum absolute atomic E-state index is 0.143. The van der Waals surface area contributed by atoms with Crippen molar-refractivity contribution < 1.29 is 4.79 Å². The molecule has 2 heteroatoms. The van der Waals surface area contributed by atoms with E-state index in [0.29, 0.717) is 12.3 Å². The smallest absolute Gasteiger partial charge is 0.224 e. The Kier molecular flexibility index (Phi) is 1.88. The van der Waals surface area contributed by atoms with Gasteiger partial charge in [0.05, 0.1) is 0 Å². The number of nitrogens with one attached hydrogen (secondary N) is 1. The van der Waals surface area contributed by atoms with E-state index in [1.54, 1.807) is 6.20 Å². The SMILES string of the molecule is CCC1C=CNC(=O)C1. The van der Waals surface area contributed by atoms with Gasteiger partial charge in [0.15, 0.2) is 0 Å². The Morgan fingerprint density at radius 1 is 1.89 bits per heavy atom. The van der Waals surface area contributed by atoms with Gasteiger partial charge in [0, 0.05) is 12.6 Å². The lowest BCUT2D eigenvalue weighted by Crippen LogP contribution is -2.23. The largest absolute Gasteiger partial charge is 0.333 e. The highest BCUT2D eigenvalue weighted by molar-refractivity contribution is 5.78. The number of hydrogen-bond donors (Lipinski definition) is 1. The first-order chi connectivity index (χ1) is 4.33. The minimum Gasteiger partial charge on any atom is -0.333 e. The molecule has 1 heterocycles. The van der Waals surface area contributed by atoms with Crippen LogP contribution in [-0.4, -0.2) is 5.91 Å². The number of carbonyl (C=O) groups excluding carboxylic acids is 1. The third kappa shape index (κ3) is 1.56. The van der Waals surface area contributed by atoms with Crippen LogP contribution in [0.15, 0.2) is 12.3 Å². The van der Waals surface area contributed by atoms with Crippen LogP contribution in [0, 0.1) is 5.92 Å². The first-order valence-electron chi connectivity index (χ1n) is 3.29. The molecular weight excluding hydrogens is 114 g/mol. The average Bonchev–Trinajstić information content (AvgIpc) is 1.88. The molecule has 50 valence electrons. The van der Waals surface area contributed by atoms with E-state index in [2.05, 4.69) is 12.2 Å². The van der Waals surface area contributed by atoms with Crippen molar-refractivity contribution in [3.63, 3.8) is 0 Å². The fraction of sp³-hybridized carbons (Fsp3) is 0.571. The van der Waals surface area contributed by atoms with E-state index in [1.165, 1.54) is 0 Å².